The molecule has 46 heavy (non-hydrogen) atoms. The summed E-state index contributed by atoms with van der Waals surface area (Å²) >= 11 is 0. The van der Waals surface area contributed by atoms with Gasteiger partial charge in [0.2, 0.25) is 0 Å². The van der Waals surface area contributed by atoms with Crippen molar-refractivity contribution in [3.63, 3.8) is 0 Å². The van der Waals surface area contributed by atoms with E-state index < -0.39 is 0 Å². The molecule has 5 nitrogen and oxygen atoms in total. The number of fused-ring (bicyclic) bond motifs is 1. The van der Waals surface area contributed by atoms with Crippen LogP contribution in [0.2, 0.25) is 0 Å². The van der Waals surface area contributed by atoms with Crippen LogP contribution >= 0.6 is 0 Å². The summed E-state index contributed by atoms with van der Waals surface area (Å²) in [6, 6.07) is 50.3. The van der Waals surface area contributed by atoms with Gasteiger partial charge in [0.25, 0.3) is 0 Å². The van der Waals surface area contributed by atoms with Crippen LogP contribution in [0.25, 0.3) is 67.2 Å². The molecule has 218 valence electrons. The zero-order chi connectivity index (χ0) is 30.7. The molecule has 0 radical (unpaired) electrons. The maximum Gasteiger partial charge on any atom is 0.164 e. The van der Waals surface area contributed by atoms with Crippen molar-refractivity contribution >= 4 is 16.6 Å². The Balaban J connectivity index is 1.15. The highest BCUT2D eigenvalue weighted by atomic mass is 15.0. The van der Waals surface area contributed by atoms with E-state index in [1.54, 1.807) is 0 Å². The highest BCUT2D eigenvalue weighted by Crippen LogP contribution is 2.36. The molecule has 8 rings (SSSR count). The molecule has 0 aliphatic carbocycles. The molecule has 1 aromatic heterocycles. The van der Waals surface area contributed by atoms with E-state index in [1.165, 1.54) is 27.5 Å². The van der Waals surface area contributed by atoms with E-state index in [1.807, 2.05) is 72.9 Å². The van der Waals surface area contributed by atoms with Gasteiger partial charge in [0, 0.05) is 35.0 Å². The lowest BCUT2D eigenvalue weighted by Crippen LogP contribution is -2.26. The number of hydrogen-bond acceptors (Lipinski definition) is 5. The number of benzene rings is 6. The van der Waals surface area contributed by atoms with E-state index in [0.29, 0.717) is 17.5 Å². The van der Waals surface area contributed by atoms with E-state index >= 15 is 0 Å². The van der Waals surface area contributed by atoms with E-state index in [2.05, 4.69) is 95.2 Å². The summed E-state index contributed by atoms with van der Waals surface area (Å²) in [6.07, 6.45) is 3.86. The van der Waals surface area contributed by atoms with Crippen molar-refractivity contribution in [1.29, 1.82) is 0 Å². The van der Waals surface area contributed by atoms with Gasteiger partial charge in [-0.05, 0) is 39.1 Å². The number of nitrogens with zero attached hydrogens (tertiary/aromatic N) is 4. The van der Waals surface area contributed by atoms with Gasteiger partial charge in [-0.3, -0.25) is 0 Å². The first-order valence-electron chi connectivity index (χ1n) is 15.4. The Morgan fingerprint density at radius 2 is 0.804 bits per heavy atom. The standard InChI is InChI=1S/C41H29N5/c1-3-10-30(11-4-1)39-44-40(31-12-5-2-6-13-31)46-41(45-39)33-22-18-29(19-23-33)35-25-24-34(36-14-7-8-15-37(35)36)28-16-20-32(21-17-28)38-42-26-9-27-43-38/h1-26H,27H2,(H,42,43). The van der Waals surface area contributed by atoms with Crippen molar-refractivity contribution in [3.8, 4) is 56.4 Å². The average molecular weight is 592 g/mol. The van der Waals surface area contributed by atoms with Crippen LogP contribution in [0.5, 0.6) is 0 Å². The first-order valence-corrected chi connectivity index (χ1v) is 15.4. The Labute approximate surface area is 267 Å². The van der Waals surface area contributed by atoms with Crippen molar-refractivity contribution in [1.82, 2.24) is 20.3 Å². The van der Waals surface area contributed by atoms with Crippen molar-refractivity contribution < 1.29 is 0 Å². The maximum absolute atomic E-state index is 4.90. The molecule has 2 heterocycles. The molecule has 5 heteroatoms. The maximum atomic E-state index is 4.90. The van der Waals surface area contributed by atoms with Crippen LogP contribution in [0, 0.1) is 0 Å². The molecule has 1 N–H and O–H groups in total. The van der Waals surface area contributed by atoms with Crippen LogP contribution in [-0.2, 0) is 0 Å². The minimum absolute atomic E-state index is 0.647. The Bertz CT molecular complexity index is 2160. The first kappa shape index (κ1) is 27.4. The molecule has 0 atom stereocenters. The summed E-state index contributed by atoms with van der Waals surface area (Å²) in [4.78, 5) is 19.1. The fourth-order valence-electron chi connectivity index (χ4n) is 5.90. The van der Waals surface area contributed by atoms with Crippen LogP contribution in [0.3, 0.4) is 0 Å². The van der Waals surface area contributed by atoms with Crippen molar-refractivity contribution in [2.45, 2.75) is 0 Å². The average Bonchev–Trinajstić information content (AvgIpc) is 3.15. The third-order valence-corrected chi connectivity index (χ3v) is 8.24. The fourth-order valence-corrected chi connectivity index (χ4v) is 5.90. The molecule has 0 unspecified atom stereocenters. The fraction of sp³-hybridized carbons (Fsp3) is 0.0244. The van der Waals surface area contributed by atoms with Gasteiger partial charge in [-0.2, -0.15) is 0 Å². The largest absolute Gasteiger partial charge is 0.366 e. The summed E-state index contributed by atoms with van der Waals surface area (Å²) in [6.45, 7) is 0.798. The Kier molecular flexibility index (Phi) is 7.17. The highest BCUT2D eigenvalue weighted by Gasteiger charge is 2.14. The van der Waals surface area contributed by atoms with Crippen molar-refractivity contribution in [2.75, 3.05) is 6.54 Å². The molecule has 0 amide bonds. The van der Waals surface area contributed by atoms with Crippen LogP contribution in [0.1, 0.15) is 5.56 Å². The quantitative estimate of drug-likeness (QED) is 0.209. The molecule has 0 saturated carbocycles. The zero-order valence-electron chi connectivity index (χ0n) is 25.0. The molecular weight excluding hydrogens is 562 g/mol. The molecule has 0 fully saturated rings. The van der Waals surface area contributed by atoms with Gasteiger partial charge in [-0.1, -0.05) is 146 Å². The molecular formula is C41H29N5. The van der Waals surface area contributed by atoms with Gasteiger partial charge in [0.15, 0.2) is 17.5 Å². The van der Waals surface area contributed by atoms with Crippen LogP contribution in [0.15, 0.2) is 163 Å². The third kappa shape index (κ3) is 5.35. The van der Waals surface area contributed by atoms with E-state index in [4.69, 9.17) is 15.0 Å². The predicted octanol–water partition coefficient (Wildman–Crippen LogP) is 9.22. The van der Waals surface area contributed by atoms with Crippen LogP contribution in [0.4, 0.5) is 0 Å². The number of amidine groups is 1. The SMILES string of the molecule is C1=CN=C(c2ccc(-c3ccc(-c4ccc(-c5nc(-c6ccccc6)nc(-c6ccccc6)n5)cc4)c4ccccc34)cc2)NC1. The minimum Gasteiger partial charge on any atom is -0.366 e. The number of hydrogen-bond donors (Lipinski definition) is 1. The minimum atomic E-state index is 0.647. The van der Waals surface area contributed by atoms with Crippen LogP contribution < -0.4 is 5.32 Å². The first-order chi connectivity index (χ1) is 22.8. The number of nitrogens with one attached hydrogen (secondary N) is 1. The summed E-state index contributed by atoms with van der Waals surface area (Å²) < 4.78 is 0. The monoisotopic (exact) mass is 591 g/mol. The molecule has 7 aromatic rings. The second-order valence-corrected chi connectivity index (χ2v) is 11.1. The molecule has 1 aliphatic heterocycles. The Hall–Kier alpha value is -6.20. The molecule has 1 aliphatic rings. The third-order valence-electron chi connectivity index (χ3n) is 8.24. The lowest BCUT2D eigenvalue weighted by Gasteiger charge is -2.14. The topological polar surface area (TPSA) is 63.1 Å². The number of aromatic nitrogens is 3. The number of rotatable bonds is 6. The van der Waals surface area contributed by atoms with Gasteiger partial charge in [-0.15, -0.1) is 0 Å². The van der Waals surface area contributed by atoms with Gasteiger partial charge in [0.1, 0.15) is 5.84 Å². The lowest BCUT2D eigenvalue weighted by atomic mass is 9.91. The van der Waals surface area contributed by atoms with Crippen molar-refractivity contribution in [2.24, 2.45) is 4.99 Å². The molecule has 0 bridgehead atoms. The lowest BCUT2D eigenvalue weighted by molar-refractivity contribution is 1.01. The molecule has 0 spiro atoms. The number of aliphatic imine (C=N–C) groups is 1. The summed E-state index contributed by atoms with van der Waals surface area (Å²) in [7, 11) is 0. The summed E-state index contributed by atoms with van der Waals surface area (Å²) in [5, 5.41) is 5.76. The second kappa shape index (κ2) is 12.1. The second-order valence-electron chi connectivity index (χ2n) is 11.1. The summed E-state index contributed by atoms with van der Waals surface area (Å²) in [5.41, 5.74) is 8.63. The summed E-state index contributed by atoms with van der Waals surface area (Å²) in [5.74, 6) is 2.86. The van der Waals surface area contributed by atoms with Crippen LogP contribution in [-0.4, -0.2) is 27.3 Å². The van der Waals surface area contributed by atoms with E-state index in [9.17, 15) is 0 Å². The Morgan fingerprint density at radius 3 is 1.26 bits per heavy atom. The highest BCUT2D eigenvalue weighted by molar-refractivity contribution is 6.05. The smallest absolute Gasteiger partial charge is 0.164 e. The van der Waals surface area contributed by atoms with Crippen molar-refractivity contribution in [3.05, 3.63) is 163 Å². The van der Waals surface area contributed by atoms with Gasteiger partial charge in [0.05, 0.1) is 0 Å². The van der Waals surface area contributed by atoms with E-state index in [0.717, 1.165) is 40.2 Å². The van der Waals surface area contributed by atoms with Gasteiger partial charge >= 0.3 is 0 Å². The van der Waals surface area contributed by atoms with E-state index in [-0.39, 0.29) is 0 Å². The normalized spacial score (nSPS) is 12.5. The molecule has 6 aromatic carbocycles. The van der Waals surface area contributed by atoms with Gasteiger partial charge in [-0.25, -0.2) is 19.9 Å². The van der Waals surface area contributed by atoms with Gasteiger partial charge < -0.3 is 5.32 Å². The molecule has 0 saturated heterocycles. The zero-order valence-corrected chi connectivity index (χ0v) is 25.0. The predicted molar refractivity (Wildman–Crippen MR) is 188 cm³/mol. The Morgan fingerprint density at radius 1 is 0.391 bits per heavy atom.